The standard InChI is InChI=1S/C13H22N4O2.C13H24N2O4.C13H20N2O3/c1-13(2,3)19-12(18)17-7-5-4-6-10(17)9-8-11(14)16-15-9;1-13(2,3)19-12(17)15-9-7-6-8-10(15)11(16)14(4)18-5;1-13(2,3)18-12(17)15-9-5-4-6-10(15)11(16)7-8-14/h8,10H,4-7H2,1-3H3,(H3,14,15,16);10H,6-9H2,1-5H3;10H,4-7,9H2,1-3H3/t3*10-/m000/s1. The van der Waals surface area contributed by atoms with E-state index in [4.69, 9.17) is 30.0 Å². The van der Waals surface area contributed by atoms with Crippen molar-refractivity contribution >= 4 is 35.8 Å². The number of piperidine rings is 3. The van der Waals surface area contributed by atoms with Crippen molar-refractivity contribution < 1.29 is 43.0 Å². The van der Waals surface area contributed by atoms with Crippen LogP contribution in [0.1, 0.15) is 138 Å². The van der Waals surface area contributed by atoms with E-state index in [1.807, 2.05) is 47.6 Å². The molecule has 1 aromatic rings. The van der Waals surface area contributed by atoms with Crippen LogP contribution >= 0.6 is 0 Å². The van der Waals surface area contributed by atoms with Gasteiger partial charge in [0.1, 0.15) is 28.7 Å². The Kier molecular flexibility index (Phi) is 17.9. The van der Waals surface area contributed by atoms with Gasteiger partial charge in [-0.25, -0.2) is 19.4 Å². The molecule has 1 aromatic heterocycles. The van der Waals surface area contributed by atoms with Crippen LogP contribution in [0, 0.1) is 11.3 Å². The van der Waals surface area contributed by atoms with Crippen molar-refractivity contribution in [1.29, 1.82) is 5.26 Å². The first-order chi connectivity index (χ1) is 26.0. The molecule has 3 aliphatic heterocycles. The average molecular weight is 791 g/mol. The smallest absolute Gasteiger partial charge is 0.410 e. The zero-order chi connectivity index (χ0) is 42.4. The van der Waals surface area contributed by atoms with Crippen molar-refractivity contribution in [3.8, 4) is 6.07 Å². The van der Waals surface area contributed by atoms with Crippen LogP contribution in [0.3, 0.4) is 0 Å². The molecular weight excluding hydrogens is 724 g/mol. The van der Waals surface area contributed by atoms with Crippen molar-refractivity contribution in [1.82, 2.24) is 30.0 Å². The van der Waals surface area contributed by atoms with E-state index in [1.165, 1.54) is 16.9 Å². The minimum atomic E-state index is -0.572. The lowest BCUT2D eigenvalue weighted by Crippen LogP contribution is -2.53. The van der Waals surface area contributed by atoms with E-state index in [0.717, 1.165) is 55.7 Å². The molecule has 3 fully saturated rings. The number of aromatic nitrogens is 2. The van der Waals surface area contributed by atoms with Gasteiger partial charge in [-0.05, 0) is 120 Å². The van der Waals surface area contributed by atoms with E-state index < -0.39 is 41.1 Å². The number of hydroxylamine groups is 2. The predicted octanol–water partition coefficient (Wildman–Crippen LogP) is 6.51. The second kappa shape index (κ2) is 21.1. The molecule has 4 rings (SSSR count). The molecule has 316 valence electrons. The third kappa shape index (κ3) is 15.9. The highest BCUT2D eigenvalue weighted by atomic mass is 16.7. The van der Waals surface area contributed by atoms with E-state index >= 15 is 0 Å². The minimum absolute atomic E-state index is 0.0200. The summed E-state index contributed by atoms with van der Waals surface area (Å²) in [6, 6.07) is 2.62. The molecule has 4 heterocycles. The summed E-state index contributed by atoms with van der Waals surface area (Å²) in [4.78, 5) is 70.0. The van der Waals surface area contributed by atoms with Gasteiger partial charge in [0.05, 0.1) is 37.4 Å². The zero-order valence-electron chi connectivity index (χ0n) is 35.4. The van der Waals surface area contributed by atoms with Gasteiger partial charge in [0, 0.05) is 32.7 Å². The molecule has 4 amide bonds. The number of H-pyrrole nitrogens is 1. The number of carbonyl (C=O) groups is 5. The molecule has 3 saturated heterocycles. The van der Waals surface area contributed by atoms with E-state index in [1.54, 1.807) is 38.8 Å². The highest BCUT2D eigenvalue weighted by Gasteiger charge is 2.37. The second-order valence-corrected chi connectivity index (χ2v) is 17.1. The van der Waals surface area contributed by atoms with E-state index in [9.17, 15) is 24.0 Å². The number of Topliss-reactive ketones (excluding diaryl/α,β-unsaturated/α-hetero) is 1. The first-order valence-electron chi connectivity index (χ1n) is 19.5. The number of anilines is 1. The topological polar surface area (TPSA) is 214 Å². The van der Waals surface area contributed by atoms with Gasteiger partial charge >= 0.3 is 18.3 Å². The highest BCUT2D eigenvalue weighted by molar-refractivity contribution is 5.89. The summed E-state index contributed by atoms with van der Waals surface area (Å²) in [6.45, 7) is 18.2. The summed E-state index contributed by atoms with van der Waals surface area (Å²) in [5.41, 5.74) is 4.90. The van der Waals surface area contributed by atoms with E-state index in [2.05, 4.69) is 10.2 Å². The number of carbonyl (C=O) groups excluding carboxylic acids is 5. The number of nitrogen functional groups attached to an aromatic ring is 1. The number of hydrogen-bond donors (Lipinski definition) is 2. The van der Waals surface area contributed by atoms with Crippen molar-refractivity contribution in [2.75, 3.05) is 39.5 Å². The Morgan fingerprint density at radius 3 is 1.62 bits per heavy atom. The molecular formula is C39H66N8O9. The van der Waals surface area contributed by atoms with Gasteiger partial charge in [-0.1, -0.05) is 0 Å². The lowest BCUT2D eigenvalue weighted by atomic mass is 9.97. The molecule has 56 heavy (non-hydrogen) atoms. The van der Waals surface area contributed by atoms with Crippen LogP contribution in [0.25, 0.3) is 0 Å². The Morgan fingerprint density at radius 2 is 1.20 bits per heavy atom. The van der Waals surface area contributed by atoms with Crippen LogP contribution < -0.4 is 5.73 Å². The quantitative estimate of drug-likeness (QED) is 0.241. The summed E-state index contributed by atoms with van der Waals surface area (Å²) in [5, 5.41) is 16.6. The number of aromatic amines is 1. The summed E-state index contributed by atoms with van der Waals surface area (Å²) >= 11 is 0. The zero-order valence-corrected chi connectivity index (χ0v) is 35.4. The fourth-order valence-corrected chi connectivity index (χ4v) is 6.35. The van der Waals surface area contributed by atoms with E-state index in [-0.39, 0.29) is 30.2 Å². The summed E-state index contributed by atoms with van der Waals surface area (Å²) < 4.78 is 16.1. The number of rotatable bonds is 5. The van der Waals surface area contributed by atoms with Gasteiger partial charge in [-0.15, -0.1) is 0 Å². The van der Waals surface area contributed by atoms with Crippen molar-refractivity contribution in [2.45, 2.75) is 161 Å². The molecule has 3 N–H and O–H groups in total. The Hall–Kier alpha value is -4.59. The predicted molar refractivity (Wildman–Crippen MR) is 209 cm³/mol. The number of ether oxygens (including phenoxy) is 3. The molecule has 17 heteroatoms. The number of nitriles is 1. The Balaban J connectivity index is 0.000000290. The first kappa shape index (κ1) is 47.6. The average Bonchev–Trinajstić information content (AvgIpc) is 3.55. The molecule has 0 aliphatic carbocycles. The maximum atomic E-state index is 12.2. The summed E-state index contributed by atoms with van der Waals surface area (Å²) in [6.07, 6.45) is 6.53. The lowest BCUT2D eigenvalue weighted by Gasteiger charge is -2.36. The maximum Gasteiger partial charge on any atom is 0.410 e. The summed E-state index contributed by atoms with van der Waals surface area (Å²) in [5.74, 6) is 0.0424. The molecule has 3 atom stereocenters. The van der Waals surface area contributed by atoms with Gasteiger partial charge in [0.2, 0.25) is 0 Å². The third-order valence-electron chi connectivity index (χ3n) is 8.86. The maximum absolute atomic E-state index is 12.2. The molecule has 17 nitrogen and oxygen atoms in total. The number of likely N-dealkylation sites (N-methyl/N-ethyl adjacent to an activating group) is 1. The lowest BCUT2D eigenvalue weighted by molar-refractivity contribution is -0.175. The Morgan fingerprint density at radius 1 is 0.768 bits per heavy atom. The number of ketones is 1. The van der Waals surface area contributed by atoms with Crippen LogP contribution in [-0.4, -0.2) is 123 Å². The molecule has 0 aromatic carbocycles. The second-order valence-electron chi connectivity index (χ2n) is 17.1. The molecule has 0 radical (unpaired) electrons. The third-order valence-corrected chi connectivity index (χ3v) is 8.86. The molecule has 0 saturated carbocycles. The number of nitrogens with two attached hydrogens (primary N) is 1. The van der Waals surface area contributed by atoms with Crippen molar-refractivity contribution in [3.05, 3.63) is 11.8 Å². The van der Waals surface area contributed by atoms with Gasteiger partial charge in [0.15, 0.2) is 5.78 Å². The van der Waals surface area contributed by atoms with Gasteiger partial charge < -0.3 is 19.9 Å². The summed E-state index contributed by atoms with van der Waals surface area (Å²) in [7, 11) is 2.97. The van der Waals surface area contributed by atoms with E-state index in [0.29, 0.717) is 38.3 Å². The van der Waals surface area contributed by atoms with Crippen LogP contribution in [0.5, 0.6) is 0 Å². The molecule has 0 bridgehead atoms. The number of hydrogen-bond acceptors (Lipinski definition) is 12. The molecule has 0 unspecified atom stereocenters. The first-order valence-corrected chi connectivity index (χ1v) is 19.5. The minimum Gasteiger partial charge on any atom is -0.444 e. The van der Waals surface area contributed by atoms with Crippen LogP contribution in [0.4, 0.5) is 20.2 Å². The number of likely N-dealkylation sites (tertiary alicyclic amines) is 3. The fraction of sp³-hybridized carbons (Fsp3) is 0.769. The van der Waals surface area contributed by atoms with Gasteiger partial charge in [-0.3, -0.25) is 34.2 Å². The highest BCUT2D eigenvalue weighted by Crippen LogP contribution is 2.32. The number of nitrogens with zero attached hydrogens (tertiary/aromatic N) is 6. The van der Waals surface area contributed by atoms with Crippen molar-refractivity contribution in [3.63, 3.8) is 0 Å². The van der Waals surface area contributed by atoms with Crippen molar-refractivity contribution in [2.24, 2.45) is 0 Å². The molecule has 3 aliphatic rings. The molecule has 0 spiro atoms. The van der Waals surface area contributed by atoms with Crippen LogP contribution in [0.2, 0.25) is 0 Å². The van der Waals surface area contributed by atoms with Gasteiger partial charge in [-0.2, -0.15) is 10.4 Å². The monoisotopic (exact) mass is 790 g/mol. The van der Waals surface area contributed by atoms with Crippen LogP contribution in [-0.2, 0) is 28.6 Å². The number of nitrogens with one attached hydrogen (secondary N) is 1. The Labute approximate surface area is 332 Å². The Bertz CT molecular complexity index is 1500. The largest absolute Gasteiger partial charge is 0.444 e. The normalized spacial score (nSPS) is 20.2. The van der Waals surface area contributed by atoms with Gasteiger partial charge in [0.25, 0.3) is 5.91 Å². The SMILES string of the molecule is CC(C)(C)OC(=O)N1CCCC[C@H]1C(=O)CC#N.CC(C)(C)OC(=O)N1CCCC[C@H]1c1cc(N)n[nH]1.CON(C)C(=O)[C@@H]1CCCCN1C(=O)OC(C)(C)C. The number of amides is 4. The van der Waals surface area contributed by atoms with Crippen LogP contribution in [0.15, 0.2) is 6.07 Å². The fourth-order valence-electron chi connectivity index (χ4n) is 6.35.